The van der Waals surface area contributed by atoms with Gasteiger partial charge in [0.2, 0.25) is 0 Å². The molecule has 0 amide bonds. The van der Waals surface area contributed by atoms with Crippen LogP contribution in [0.1, 0.15) is 5.76 Å². The van der Waals surface area contributed by atoms with Gasteiger partial charge in [0.25, 0.3) is 5.95 Å². The van der Waals surface area contributed by atoms with Crippen LogP contribution in [0.25, 0.3) is 0 Å². The number of aromatic hydroxyl groups is 1. The molecule has 1 aromatic rings. The summed E-state index contributed by atoms with van der Waals surface area (Å²) in [7, 11) is 0. The average molecular weight is 126 g/mol. The van der Waals surface area contributed by atoms with E-state index in [4.69, 9.17) is 5.11 Å². The highest BCUT2D eigenvalue weighted by atomic mass is 16.5. The second-order valence-electron chi connectivity index (χ2n) is 1.74. The summed E-state index contributed by atoms with van der Waals surface area (Å²) in [4.78, 5) is 10.5. The van der Waals surface area contributed by atoms with Gasteiger partial charge in [0, 0.05) is 6.07 Å². The van der Waals surface area contributed by atoms with Gasteiger partial charge in [0.1, 0.15) is 5.76 Å². The zero-order valence-corrected chi connectivity index (χ0v) is 4.92. The number of rotatable bonds is 0. The number of hydrogen-bond donors (Lipinski definition) is 1. The molecule has 0 aliphatic rings. The minimum Gasteiger partial charge on any atom is -0.481 e. The van der Waals surface area contributed by atoms with E-state index in [1.165, 1.54) is 6.07 Å². The van der Waals surface area contributed by atoms with Crippen LogP contribution in [0, 0.1) is 6.92 Å². The molecule has 1 N–H and O–H groups in total. The Kier molecular flexibility index (Phi) is 1.26. The molecule has 0 atom stereocenters. The lowest BCUT2D eigenvalue weighted by Crippen LogP contribution is -1.95. The van der Waals surface area contributed by atoms with E-state index in [0.717, 1.165) is 6.07 Å². The standard InChI is InChI=1S/C6H6O3/c1-4-2-5(7)3-6(8)9-4/h2-3,8H,1H3. The molecule has 0 saturated heterocycles. The third-order valence-corrected chi connectivity index (χ3v) is 0.877. The first-order valence-electron chi connectivity index (χ1n) is 2.49. The van der Waals surface area contributed by atoms with Crippen molar-refractivity contribution in [2.75, 3.05) is 0 Å². The van der Waals surface area contributed by atoms with Gasteiger partial charge in [-0.1, -0.05) is 0 Å². The molecule has 0 radical (unpaired) electrons. The van der Waals surface area contributed by atoms with Crippen LogP contribution in [0.4, 0.5) is 0 Å². The zero-order chi connectivity index (χ0) is 6.85. The van der Waals surface area contributed by atoms with Crippen molar-refractivity contribution in [2.45, 2.75) is 6.92 Å². The molecular formula is C6H6O3. The van der Waals surface area contributed by atoms with E-state index in [0.29, 0.717) is 5.76 Å². The van der Waals surface area contributed by atoms with E-state index >= 15 is 0 Å². The van der Waals surface area contributed by atoms with Gasteiger partial charge < -0.3 is 9.52 Å². The van der Waals surface area contributed by atoms with Crippen molar-refractivity contribution >= 4 is 0 Å². The largest absolute Gasteiger partial charge is 0.481 e. The molecule has 1 rings (SSSR count). The summed E-state index contributed by atoms with van der Waals surface area (Å²) in [6, 6.07) is 2.33. The summed E-state index contributed by atoms with van der Waals surface area (Å²) in [6.07, 6.45) is 0. The van der Waals surface area contributed by atoms with Gasteiger partial charge in [-0.2, -0.15) is 0 Å². The van der Waals surface area contributed by atoms with E-state index < -0.39 is 0 Å². The van der Waals surface area contributed by atoms with Crippen molar-refractivity contribution in [3.05, 3.63) is 28.1 Å². The quantitative estimate of drug-likeness (QED) is 0.555. The van der Waals surface area contributed by atoms with Crippen LogP contribution >= 0.6 is 0 Å². The summed E-state index contributed by atoms with van der Waals surface area (Å²) in [6.45, 7) is 1.60. The Hall–Kier alpha value is -1.25. The van der Waals surface area contributed by atoms with Gasteiger partial charge in [0.15, 0.2) is 5.43 Å². The summed E-state index contributed by atoms with van der Waals surface area (Å²) in [5, 5.41) is 8.63. The average Bonchev–Trinajstić information content (AvgIpc) is 1.59. The molecule has 0 saturated carbocycles. The lowest BCUT2D eigenvalue weighted by molar-refractivity contribution is 0.312. The van der Waals surface area contributed by atoms with Crippen molar-refractivity contribution in [3.8, 4) is 5.95 Å². The highest BCUT2D eigenvalue weighted by Gasteiger charge is 1.92. The molecule has 3 nitrogen and oxygen atoms in total. The Morgan fingerprint density at radius 3 is 2.67 bits per heavy atom. The molecule has 0 bridgehead atoms. The highest BCUT2D eigenvalue weighted by molar-refractivity contribution is 5.07. The number of aryl methyl sites for hydroxylation is 1. The molecule has 0 aliphatic heterocycles. The van der Waals surface area contributed by atoms with Gasteiger partial charge in [-0.3, -0.25) is 4.79 Å². The smallest absolute Gasteiger partial charge is 0.285 e. The number of hydrogen-bond acceptors (Lipinski definition) is 3. The predicted molar refractivity (Wildman–Crippen MR) is 31.4 cm³/mol. The van der Waals surface area contributed by atoms with Crippen LogP contribution in [0.5, 0.6) is 5.95 Å². The third kappa shape index (κ3) is 1.32. The van der Waals surface area contributed by atoms with Crippen LogP contribution in [-0.2, 0) is 0 Å². The molecule has 1 aromatic heterocycles. The van der Waals surface area contributed by atoms with Crippen LogP contribution < -0.4 is 5.43 Å². The Morgan fingerprint density at radius 2 is 2.22 bits per heavy atom. The van der Waals surface area contributed by atoms with Crippen molar-refractivity contribution in [3.63, 3.8) is 0 Å². The molecular weight excluding hydrogens is 120 g/mol. The van der Waals surface area contributed by atoms with E-state index in [-0.39, 0.29) is 11.4 Å². The second-order valence-corrected chi connectivity index (χ2v) is 1.74. The van der Waals surface area contributed by atoms with E-state index in [2.05, 4.69) is 4.42 Å². The third-order valence-electron chi connectivity index (χ3n) is 0.877. The van der Waals surface area contributed by atoms with Crippen molar-refractivity contribution in [1.29, 1.82) is 0 Å². The van der Waals surface area contributed by atoms with E-state index in [1.54, 1.807) is 6.92 Å². The van der Waals surface area contributed by atoms with Crippen molar-refractivity contribution in [1.82, 2.24) is 0 Å². The molecule has 0 fully saturated rings. The maximum Gasteiger partial charge on any atom is 0.285 e. The zero-order valence-electron chi connectivity index (χ0n) is 4.92. The maximum atomic E-state index is 10.5. The topological polar surface area (TPSA) is 50.4 Å². The fraction of sp³-hybridized carbons (Fsp3) is 0.167. The van der Waals surface area contributed by atoms with Crippen LogP contribution in [0.15, 0.2) is 21.3 Å². The van der Waals surface area contributed by atoms with Gasteiger partial charge >= 0.3 is 0 Å². The van der Waals surface area contributed by atoms with E-state index in [1.807, 2.05) is 0 Å². The van der Waals surface area contributed by atoms with Gasteiger partial charge in [-0.25, -0.2) is 0 Å². The van der Waals surface area contributed by atoms with Gasteiger partial charge in [-0.05, 0) is 6.92 Å². The lowest BCUT2D eigenvalue weighted by atomic mass is 10.4. The van der Waals surface area contributed by atoms with Crippen molar-refractivity contribution in [2.24, 2.45) is 0 Å². The SMILES string of the molecule is Cc1cc(=O)cc(O)o1. The van der Waals surface area contributed by atoms with Gasteiger partial charge in [0.05, 0.1) is 6.07 Å². The van der Waals surface area contributed by atoms with Gasteiger partial charge in [-0.15, -0.1) is 0 Å². The normalized spacial score (nSPS) is 9.44. The van der Waals surface area contributed by atoms with Crippen LogP contribution in [0.3, 0.4) is 0 Å². The minimum atomic E-state index is -0.333. The molecule has 0 spiro atoms. The van der Waals surface area contributed by atoms with E-state index in [9.17, 15) is 4.79 Å². The fourth-order valence-electron chi connectivity index (χ4n) is 0.588. The summed E-state index contributed by atoms with van der Waals surface area (Å²) in [5.41, 5.74) is -0.240. The van der Waals surface area contributed by atoms with Crippen LogP contribution in [-0.4, -0.2) is 5.11 Å². The Morgan fingerprint density at radius 1 is 1.56 bits per heavy atom. The van der Waals surface area contributed by atoms with Crippen molar-refractivity contribution < 1.29 is 9.52 Å². The predicted octanol–water partition coefficient (Wildman–Crippen LogP) is 0.654. The summed E-state index contributed by atoms with van der Waals surface area (Å²) in [5.74, 6) is 0.0833. The second kappa shape index (κ2) is 1.93. The molecule has 0 aliphatic carbocycles. The Bertz CT molecular complexity index is 238. The monoisotopic (exact) mass is 126 g/mol. The minimum absolute atomic E-state index is 0.240. The van der Waals surface area contributed by atoms with Crippen LogP contribution in [0.2, 0.25) is 0 Å². The first-order valence-corrected chi connectivity index (χ1v) is 2.49. The molecule has 0 aromatic carbocycles. The fourth-order valence-corrected chi connectivity index (χ4v) is 0.588. The molecule has 0 unspecified atom stereocenters. The lowest BCUT2D eigenvalue weighted by Gasteiger charge is -1.89. The molecule has 48 valence electrons. The maximum absolute atomic E-state index is 10.5. The molecule has 9 heavy (non-hydrogen) atoms. The molecule has 1 heterocycles. The Balaban J connectivity index is 3.33. The first kappa shape index (κ1) is 5.88. The summed E-state index contributed by atoms with van der Waals surface area (Å²) < 4.78 is 4.61. The highest BCUT2D eigenvalue weighted by Crippen LogP contribution is 2.04. The first-order chi connectivity index (χ1) is 4.18. The summed E-state index contributed by atoms with van der Waals surface area (Å²) >= 11 is 0. The Labute approximate surface area is 51.6 Å². The molecule has 3 heteroatoms.